The summed E-state index contributed by atoms with van der Waals surface area (Å²) in [5.41, 5.74) is 2.25. The lowest BCUT2D eigenvalue weighted by Crippen LogP contribution is -2.41. The molecule has 6 heteroatoms. The molecule has 26 heavy (non-hydrogen) atoms. The first kappa shape index (κ1) is 16.4. The van der Waals surface area contributed by atoms with Crippen molar-refractivity contribution in [3.63, 3.8) is 0 Å². The predicted molar refractivity (Wildman–Crippen MR) is 99.2 cm³/mol. The number of fused-ring (bicyclic) bond motifs is 1. The third kappa shape index (κ3) is 2.51. The SMILES string of the molecule is COC1C2CC3CN(Cc4csc(-c5cccc(C(=O)O)c5)n4)C1C3C2. The van der Waals surface area contributed by atoms with Gasteiger partial charge in [-0.05, 0) is 42.7 Å². The van der Waals surface area contributed by atoms with E-state index in [4.69, 9.17) is 9.72 Å². The quantitative estimate of drug-likeness (QED) is 0.874. The molecule has 1 saturated heterocycles. The molecule has 2 heterocycles. The topological polar surface area (TPSA) is 62.7 Å². The van der Waals surface area contributed by atoms with Crippen molar-refractivity contribution in [2.24, 2.45) is 17.8 Å². The minimum Gasteiger partial charge on any atom is -0.478 e. The van der Waals surface area contributed by atoms with Gasteiger partial charge in [-0.3, -0.25) is 4.90 Å². The van der Waals surface area contributed by atoms with E-state index in [1.54, 1.807) is 29.5 Å². The van der Waals surface area contributed by atoms with Gasteiger partial charge < -0.3 is 9.84 Å². The molecule has 3 fully saturated rings. The number of likely N-dealkylation sites (tertiary alicyclic amines) is 1. The van der Waals surface area contributed by atoms with Crippen LogP contribution < -0.4 is 0 Å². The van der Waals surface area contributed by atoms with Crippen LogP contribution in [0.1, 0.15) is 28.9 Å². The Morgan fingerprint density at radius 3 is 3.08 bits per heavy atom. The smallest absolute Gasteiger partial charge is 0.335 e. The predicted octanol–water partition coefficient (Wildman–Crippen LogP) is 3.36. The zero-order valence-corrected chi connectivity index (χ0v) is 15.5. The van der Waals surface area contributed by atoms with Crippen LogP contribution >= 0.6 is 11.3 Å². The van der Waals surface area contributed by atoms with Gasteiger partial charge in [0.05, 0.1) is 17.4 Å². The average molecular weight is 370 g/mol. The van der Waals surface area contributed by atoms with Crippen LogP contribution in [0.15, 0.2) is 29.6 Å². The maximum atomic E-state index is 11.2. The highest BCUT2D eigenvalue weighted by Gasteiger charge is 2.59. The van der Waals surface area contributed by atoms with Crippen molar-refractivity contribution in [3.05, 3.63) is 40.9 Å². The number of benzene rings is 1. The fraction of sp³-hybridized carbons (Fsp3) is 0.500. The van der Waals surface area contributed by atoms with Gasteiger partial charge in [-0.15, -0.1) is 11.3 Å². The van der Waals surface area contributed by atoms with E-state index in [1.807, 2.05) is 13.2 Å². The Kier molecular flexibility index (Phi) is 3.88. The highest BCUT2D eigenvalue weighted by atomic mass is 32.1. The summed E-state index contributed by atoms with van der Waals surface area (Å²) in [4.78, 5) is 18.5. The number of carboxylic acid groups (broad SMARTS) is 1. The van der Waals surface area contributed by atoms with E-state index in [-0.39, 0.29) is 0 Å². The van der Waals surface area contributed by atoms with Crippen LogP contribution in [-0.2, 0) is 11.3 Å². The van der Waals surface area contributed by atoms with E-state index < -0.39 is 5.97 Å². The maximum absolute atomic E-state index is 11.2. The van der Waals surface area contributed by atoms with E-state index in [2.05, 4.69) is 10.3 Å². The van der Waals surface area contributed by atoms with E-state index in [9.17, 15) is 9.90 Å². The Morgan fingerprint density at radius 2 is 2.27 bits per heavy atom. The van der Waals surface area contributed by atoms with Gasteiger partial charge in [-0.2, -0.15) is 0 Å². The third-order valence-electron chi connectivity index (χ3n) is 6.46. The van der Waals surface area contributed by atoms with Crippen LogP contribution in [0.3, 0.4) is 0 Å². The standard InChI is InChI=1S/C20H22N2O3S/c1-25-18-13-6-14-8-22(17(18)16(14)7-13)9-15-10-26-19(21-15)11-3-2-4-12(5-11)20(23)24/h2-5,10,13-14,16-18H,6-9H2,1H3,(H,23,24). The molecule has 2 aromatic rings. The molecular formula is C20H22N2O3S. The number of hydrogen-bond donors (Lipinski definition) is 1. The van der Waals surface area contributed by atoms with Gasteiger partial charge in [-0.25, -0.2) is 9.78 Å². The molecule has 136 valence electrons. The summed E-state index contributed by atoms with van der Waals surface area (Å²) in [5.74, 6) is 1.48. The molecule has 2 aliphatic carbocycles. The Balaban J connectivity index is 1.35. The molecule has 1 aromatic heterocycles. The minimum atomic E-state index is -0.905. The zero-order valence-electron chi connectivity index (χ0n) is 14.7. The zero-order chi connectivity index (χ0) is 17.8. The van der Waals surface area contributed by atoms with Crippen LogP contribution in [0.4, 0.5) is 0 Å². The van der Waals surface area contributed by atoms with Crippen molar-refractivity contribution >= 4 is 17.3 Å². The molecule has 2 bridgehead atoms. The van der Waals surface area contributed by atoms with Gasteiger partial charge in [0.15, 0.2) is 0 Å². The van der Waals surface area contributed by atoms with Gasteiger partial charge in [0.1, 0.15) is 5.01 Å². The lowest BCUT2D eigenvalue weighted by atomic mass is 9.88. The maximum Gasteiger partial charge on any atom is 0.335 e. The summed E-state index contributed by atoms with van der Waals surface area (Å²) in [6, 6.07) is 7.56. The Bertz CT molecular complexity index is 849. The Hall–Kier alpha value is -1.76. The second-order valence-electron chi connectivity index (χ2n) is 7.81. The molecular weight excluding hydrogens is 348 g/mol. The molecule has 2 saturated carbocycles. The molecule has 5 atom stereocenters. The molecule has 1 aliphatic heterocycles. The first-order valence-electron chi connectivity index (χ1n) is 9.19. The first-order chi connectivity index (χ1) is 12.6. The van der Waals surface area contributed by atoms with E-state index >= 15 is 0 Å². The van der Waals surface area contributed by atoms with Crippen LogP contribution in [-0.4, -0.2) is 46.8 Å². The molecule has 0 spiro atoms. The summed E-state index contributed by atoms with van der Waals surface area (Å²) in [6.07, 6.45) is 3.03. The molecule has 1 aromatic carbocycles. The van der Waals surface area contributed by atoms with E-state index in [0.29, 0.717) is 17.7 Å². The average Bonchev–Trinajstić information content (AvgIpc) is 3.37. The number of aromatic carboxylic acids is 1. The fourth-order valence-corrected chi connectivity index (χ4v) is 6.34. The molecule has 0 amide bonds. The monoisotopic (exact) mass is 370 g/mol. The highest BCUT2D eigenvalue weighted by molar-refractivity contribution is 7.13. The Morgan fingerprint density at radius 1 is 1.38 bits per heavy atom. The lowest BCUT2D eigenvalue weighted by molar-refractivity contribution is 0.00861. The number of hydrogen-bond acceptors (Lipinski definition) is 5. The molecule has 3 aliphatic rings. The van der Waals surface area contributed by atoms with Crippen molar-refractivity contribution < 1.29 is 14.6 Å². The van der Waals surface area contributed by atoms with Gasteiger partial charge >= 0.3 is 5.97 Å². The number of carboxylic acids is 1. The Labute approximate surface area is 156 Å². The number of nitrogens with zero attached hydrogens (tertiary/aromatic N) is 2. The molecule has 5 rings (SSSR count). The van der Waals surface area contributed by atoms with Crippen molar-refractivity contribution in [2.75, 3.05) is 13.7 Å². The number of carbonyl (C=O) groups is 1. The summed E-state index contributed by atoms with van der Waals surface area (Å²) in [7, 11) is 1.85. The summed E-state index contributed by atoms with van der Waals surface area (Å²) in [6.45, 7) is 2.02. The van der Waals surface area contributed by atoms with Crippen molar-refractivity contribution in [1.82, 2.24) is 9.88 Å². The second kappa shape index (κ2) is 6.15. The lowest BCUT2D eigenvalue weighted by Gasteiger charge is -2.31. The van der Waals surface area contributed by atoms with Crippen LogP contribution in [0.25, 0.3) is 10.6 Å². The first-order valence-corrected chi connectivity index (χ1v) is 10.1. The van der Waals surface area contributed by atoms with E-state index in [0.717, 1.165) is 47.1 Å². The molecule has 5 nitrogen and oxygen atoms in total. The van der Waals surface area contributed by atoms with E-state index in [1.165, 1.54) is 12.8 Å². The third-order valence-corrected chi connectivity index (χ3v) is 7.40. The molecule has 5 unspecified atom stereocenters. The summed E-state index contributed by atoms with van der Waals surface area (Å²) < 4.78 is 5.84. The number of ether oxygens (including phenoxy) is 1. The fourth-order valence-electron chi connectivity index (χ4n) is 5.53. The van der Waals surface area contributed by atoms with Crippen molar-refractivity contribution in [2.45, 2.75) is 31.5 Å². The normalized spacial score (nSPS) is 32.4. The summed E-state index contributed by atoms with van der Waals surface area (Å²) in [5, 5.41) is 12.2. The van der Waals surface area contributed by atoms with Gasteiger partial charge in [0, 0.05) is 37.2 Å². The molecule has 1 N–H and O–H groups in total. The molecule has 0 radical (unpaired) electrons. The van der Waals surface area contributed by atoms with Crippen LogP contribution in [0, 0.1) is 17.8 Å². The second-order valence-corrected chi connectivity index (χ2v) is 8.66. The van der Waals surface area contributed by atoms with Crippen molar-refractivity contribution in [3.8, 4) is 10.6 Å². The van der Waals surface area contributed by atoms with Crippen molar-refractivity contribution in [1.29, 1.82) is 0 Å². The largest absolute Gasteiger partial charge is 0.478 e. The van der Waals surface area contributed by atoms with Gasteiger partial charge in [0.25, 0.3) is 0 Å². The summed E-state index contributed by atoms with van der Waals surface area (Å²) >= 11 is 1.59. The van der Waals surface area contributed by atoms with Gasteiger partial charge in [-0.1, -0.05) is 12.1 Å². The highest BCUT2D eigenvalue weighted by Crippen LogP contribution is 2.56. The van der Waals surface area contributed by atoms with Gasteiger partial charge in [0.2, 0.25) is 0 Å². The van der Waals surface area contributed by atoms with Crippen LogP contribution in [0.5, 0.6) is 0 Å². The number of thiazole rings is 1. The number of aromatic nitrogens is 1. The number of methoxy groups -OCH3 is 1. The number of rotatable bonds is 5. The minimum absolute atomic E-state index is 0.301. The van der Waals surface area contributed by atoms with Crippen LogP contribution in [0.2, 0.25) is 0 Å².